The Balaban J connectivity index is 1.72. The third kappa shape index (κ3) is 6.02. The summed E-state index contributed by atoms with van der Waals surface area (Å²) >= 11 is 2.11. The lowest BCUT2D eigenvalue weighted by atomic mass is 9.95. The standard InChI is InChI=1S/C29H21F3INO2/c1-19-21(8-5-9-26(19)22-6-3-2-4-7-22)10-11-23-14-28(24(17-35)13-27(23)29(30,31)32)36-18-20-12-25(33)16-34-15-20/h2-17H,18H2,1H3/b11-10+. The highest BCUT2D eigenvalue weighted by molar-refractivity contribution is 14.1. The van der Waals surface area contributed by atoms with Gasteiger partial charge in [0.2, 0.25) is 0 Å². The first-order valence-electron chi connectivity index (χ1n) is 11.0. The van der Waals surface area contributed by atoms with E-state index in [-0.39, 0.29) is 23.5 Å². The Hall–Kier alpha value is -3.46. The van der Waals surface area contributed by atoms with E-state index in [1.807, 2.05) is 61.5 Å². The number of aromatic nitrogens is 1. The molecule has 0 N–H and O–H groups in total. The maximum atomic E-state index is 13.9. The van der Waals surface area contributed by atoms with E-state index >= 15 is 0 Å². The highest BCUT2D eigenvalue weighted by atomic mass is 127. The van der Waals surface area contributed by atoms with E-state index in [1.165, 1.54) is 12.1 Å². The van der Waals surface area contributed by atoms with E-state index in [9.17, 15) is 18.0 Å². The summed E-state index contributed by atoms with van der Waals surface area (Å²) in [5.74, 6) is 0.0752. The molecule has 3 nitrogen and oxygen atoms in total. The number of hydrogen-bond donors (Lipinski definition) is 0. The number of ether oxygens (including phenoxy) is 1. The molecule has 0 atom stereocenters. The minimum absolute atomic E-state index is 0.0669. The normalized spacial score (nSPS) is 11.6. The van der Waals surface area contributed by atoms with Crippen LogP contribution in [-0.4, -0.2) is 11.3 Å². The Labute approximate surface area is 220 Å². The molecule has 0 aliphatic heterocycles. The van der Waals surface area contributed by atoms with Crippen molar-refractivity contribution in [2.75, 3.05) is 0 Å². The molecular weight excluding hydrogens is 578 g/mol. The fourth-order valence-corrected chi connectivity index (χ4v) is 4.41. The first kappa shape index (κ1) is 25.6. The number of carbonyl (C=O) groups is 1. The van der Waals surface area contributed by atoms with Crippen LogP contribution in [0.5, 0.6) is 5.75 Å². The second kappa shape index (κ2) is 11.1. The van der Waals surface area contributed by atoms with E-state index in [1.54, 1.807) is 18.5 Å². The van der Waals surface area contributed by atoms with Gasteiger partial charge in [-0.25, -0.2) is 0 Å². The first-order chi connectivity index (χ1) is 17.3. The Bertz CT molecular complexity index is 1420. The molecule has 36 heavy (non-hydrogen) atoms. The zero-order chi connectivity index (χ0) is 25.7. The van der Waals surface area contributed by atoms with Crippen LogP contribution in [0.3, 0.4) is 0 Å². The van der Waals surface area contributed by atoms with Crippen molar-refractivity contribution in [2.45, 2.75) is 19.7 Å². The van der Waals surface area contributed by atoms with Gasteiger partial charge < -0.3 is 4.74 Å². The highest BCUT2D eigenvalue weighted by Crippen LogP contribution is 2.37. The summed E-state index contributed by atoms with van der Waals surface area (Å²) in [7, 11) is 0. The predicted molar refractivity (Wildman–Crippen MR) is 144 cm³/mol. The van der Waals surface area contributed by atoms with Gasteiger partial charge in [0.1, 0.15) is 12.4 Å². The van der Waals surface area contributed by atoms with Crippen LogP contribution in [0.4, 0.5) is 13.2 Å². The number of benzene rings is 3. The van der Waals surface area contributed by atoms with Gasteiger partial charge in [0.05, 0.1) is 11.1 Å². The quantitative estimate of drug-likeness (QED) is 0.122. The smallest absolute Gasteiger partial charge is 0.417 e. The fraction of sp³-hybridized carbons (Fsp3) is 0.103. The SMILES string of the molecule is Cc1c(/C=C/c2cc(OCc3cncc(I)c3)c(C=O)cc2C(F)(F)F)cccc1-c1ccccc1. The molecule has 0 radical (unpaired) electrons. The Morgan fingerprint density at radius 1 is 0.917 bits per heavy atom. The van der Waals surface area contributed by atoms with Gasteiger partial charge in [-0.3, -0.25) is 9.78 Å². The predicted octanol–water partition coefficient (Wildman–Crippen LogP) is 8.24. The van der Waals surface area contributed by atoms with Crippen LogP contribution in [0.2, 0.25) is 0 Å². The highest BCUT2D eigenvalue weighted by Gasteiger charge is 2.34. The van der Waals surface area contributed by atoms with E-state index < -0.39 is 11.7 Å². The van der Waals surface area contributed by atoms with Gasteiger partial charge in [0.15, 0.2) is 6.29 Å². The molecular formula is C29H21F3INO2. The molecule has 0 unspecified atom stereocenters. The van der Waals surface area contributed by atoms with Crippen molar-refractivity contribution < 1.29 is 22.7 Å². The van der Waals surface area contributed by atoms with Crippen LogP contribution in [0.25, 0.3) is 23.3 Å². The minimum Gasteiger partial charge on any atom is -0.488 e. The van der Waals surface area contributed by atoms with Crippen LogP contribution >= 0.6 is 22.6 Å². The molecule has 0 amide bonds. The summed E-state index contributed by atoms with van der Waals surface area (Å²) in [5, 5.41) is 0. The Morgan fingerprint density at radius 3 is 2.36 bits per heavy atom. The lowest BCUT2D eigenvalue weighted by Crippen LogP contribution is -2.10. The number of rotatable bonds is 7. The molecule has 0 saturated carbocycles. The zero-order valence-corrected chi connectivity index (χ0v) is 21.4. The van der Waals surface area contributed by atoms with Crippen LogP contribution in [0, 0.1) is 10.5 Å². The zero-order valence-electron chi connectivity index (χ0n) is 19.2. The van der Waals surface area contributed by atoms with E-state index in [4.69, 9.17) is 4.74 Å². The van der Waals surface area contributed by atoms with Crippen LogP contribution in [0.15, 0.2) is 79.1 Å². The first-order valence-corrected chi connectivity index (χ1v) is 12.1. The minimum atomic E-state index is -4.64. The third-order valence-electron chi connectivity index (χ3n) is 5.67. The second-order valence-corrected chi connectivity index (χ2v) is 9.36. The molecule has 7 heteroatoms. The maximum absolute atomic E-state index is 13.9. The van der Waals surface area contributed by atoms with Crippen molar-refractivity contribution in [2.24, 2.45) is 0 Å². The van der Waals surface area contributed by atoms with E-state index in [0.717, 1.165) is 37.5 Å². The fourth-order valence-electron chi connectivity index (χ4n) is 3.85. The molecule has 4 aromatic rings. The molecule has 0 aliphatic rings. The Kier molecular flexibility index (Phi) is 7.88. The maximum Gasteiger partial charge on any atom is 0.417 e. The van der Waals surface area contributed by atoms with Crippen molar-refractivity contribution in [1.82, 2.24) is 4.98 Å². The molecule has 0 aliphatic carbocycles. The number of aldehydes is 1. The number of halogens is 4. The number of hydrogen-bond acceptors (Lipinski definition) is 3. The summed E-state index contributed by atoms with van der Waals surface area (Å²) in [6.07, 6.45) is 2.08. The largest absolute Gasteiger partial charge is 0.488 e. The molecule has 182 valence electrons. The van der Waals surface area contributed by atoms with Crippen molar-refractivity contribution in [3.8, 4) is 16.9 Å². The van der Waals surface area contributed by atoms with Gasteiger partial charge in [-0.15, -0.1) is 0 Å². The lowest BCUT2D eigenvalue weighted by molar-refractivity contribution is -0.137. The van der Waals surface area contributed by atoms with Crippen LogP contribution < -0.4 is 4.74 Å². The number of nitrogens with zero attached hydrogens (tertiary/aromatic N) is 1. The average molecular weight is 599 g/mol. The van der Waals surface area contributed by atoms with Gasteiger partial charge in [-0.2, -0.15) is 13.2 Å². The van der Waals surface area contributed by atoms with Gasteiger partial charge in [0.25, 0.3) is 0 Å². The summed E-state index contributed by atoms with van der Waals surface area (Å²) in [5.41, 5.74) is 3.34. The monoisotopic (exact) mass is 599 g/mol. The van der Waals surface area contributed by atoms with Crippen molar-refractivity contribution in [1.29, 1.82) is 0 Å². The molecule has 0 bridgehead atoms. The Morgan fingerprint density at radius 2 is 1.67 bits per heavy atom. The molecule has 1 heterocycles. The van der Waals surface area contributed by atoms with Crippen LogP contribution in [0.1, 0.15) is 38.2 Å². The van der Waals surface area contributed by atoms with E-state index in [0.29, 0.717) is 6.29 Å². The number of pyridine rings is 1. The summed E-state index contributed by atoms with van der Waals surface area (Å²) in [6.45, 7) is 2.00. The van der Waals surface area contributed by atoms with Gasteiger partial charge in [0, 0.05) is 21.5 Å². The van der Waals surface area contributed by atoms with Crippen LogP contribution in [-0.2, 0) is 12.8 Å². The summed E-state index contributed by atoms with van der Waals surface area (Å²) < 4.78 is 48.3. The summed E-state index contributed by atoms with van der Waals surface area (Å²) in [6, 6.07) is 19.4. The molecule has 0 fully saturated rings. The van der Waals surface area contributed by atoms with Gasteiger partial charge in [-0.05, 0) is 75.5 Å². The van der Waals surface area contributed by atoms with Crippen molar-refractivity contribution in [3.05, 3.63) is 116 Å². The lowest BCUT2D eigenvalue weighted by Gasteiger charge is -2.15. The number of alkyl halides is 3. The average Bonchev–Trinajstić information content (AvgIpc) is 2.86. The molecule has 0 spiro atoms. The molecule has 4 rings (SSSR count). The number of carbonyl (C=O) groups excluding carboxylic acids is 1. The molecule has 1 aromatic heterocycles. The molecule has 0 saturated heterocycles. The topological polar surface area (TPSA) is 39.2 Å². The van der Waals surface area contributed by atoms with Crippen molar-refractivity contribution in [3.63, 3.8) is 0 Å². The second-order valence-electron chi connectivity index (χ2n) is 8.11. The van der Waals surface area contributed by atoms with Crippen molar-refractivity contribution >= 4 is 41.0 Å². The van der Waals surface area contributed by atoms with E-state index in [2.05, 4.69) is 27.6 Å². The summed E-state index contributed by atoms with van der Waals surface area (Å²) in [4.78, 5) is 15.7. The molecule has 3 aromatic carbocycles. The van der Waals surface area contributed by atoms with Gasteiger partial charge >= 0.3 is 6.18 Å². The van der Waals surface area contributed by atoms with Gasteiger partial charge in [-0.1, -0.05) is 60.7 Å². The third-order valence-corrected chi connectivity index (χ3v) is 6.26.